The second kappa shape index (κ2) is 12.6. The molecule has 0 saturated heterocycles. The first-order chi connectivity index (χ1) is 25.2. The highest BCUT2D eigenvalue weighted by Gasteiger charge is 2.46. The molecule has 0 atom stereocenters. The lowest BCUT2D eigenvalue weighted by Crippen LogP contribution is -2.38. The molecule has 4 heteroatoms. The second-order valence-electron chi connectivity index (χ2n) is 12.7. The molecule has 1 heterocycles. The number of hydrogen-bond acceptors (Lipinski definition) is 4. The van der Waals surface area contributed by atoms with E-state index >= 15 is 0 Å². The van der Waals surface area contributed by atoms with E-state index in [-0.39, 0.29) is 5.78 Å². The van der Waals surface area contributed by atoms with E-state index in [0.717, 1.165) is 61.2 Å². The van der Waals surface area contributed by atoms with Crippen molar-refractivity contribution >= 4 is 5.78 Å². The van der Waals surface area contributed by atoms with Crippen molar-refractivity contribution in [3.63, 3.8) is 0 Å². The maximum Gasteiger partial charge on any atom is 0.193 e. The normalized spacial score (nSPS) is 12.9. The van der Waals surface area contributed by atoms with Crippen LogP contribution in [0.2, 0.25) is 0 Å². The Labute approximate surface area is 296 Å². The minimum absolute atomic E-state index is 0.0486. The number of aromatic nitrogens is 3. The van der Waals surface area contributed by atoms with Crippen molar-refractivity contribution in [2.24, 2.45) is 0 Å². The summed E-state index contributed by atoms with van der Waals surface area (Å²) < 4.78 is 0. The highest BCUT2D eigenvalue weighted by molar-refractivity contribution is 6.14. The summed E-state index contributed by atoms with van der Waals surface area (Å²) in [5.74, 6) is 1.88. The van der Waals surface area contributed by atoms with E-state index < -0.39 is 5.41 Å². The largest absolute Gasteiger partial charge is 0.289 e. The van der Waals surface area contributed by atoms with Crippen molar-refractivity contribution in [3.8, 4) is 45.3 Å². The van der Waals surface area contributed by atoms with Crippen LogP contribution < -0.4 is 0 Å². The zero-order valence-electron chi connectivity index (χ0n) is 27.6. The molecule has 0 saturated carbocycles. The molecule has 9 rings (SSSR count). The summed E-state index contributed by atoms with van der Waals surface area (Å²) in [4.78, 5) is 29.0. The number of nitrogens with zero attached hydrogens (tertiary/aromatic N) is 3. The molecule has 0 bridgehead atoms. The van der Waals surface area contributed by atoms with Crippen LogP contribution in [0, 0.1) is 0 Å². The predicted octanol–water partition coefficient (Wildman–Crippen LogP) is 10.5. The fraction of sp³-hybridized carbons (Fsp3) is 0.0213. The third-order valence-electron chi connectivity index (χ3n) is 9.83. The Morgan fingerprint density at radius 1 is 0.333 bits per heavy atom. The molecule has 1 aromatic heterocycles. The van der Waals surface area contributed by atoms with Gasteiger partial charge in [0.2, 0.25) is 0 Å². The van der Waals surface area contributed by atoms with Gasteiger partial charge in [0, 0.05) is 27.8 Å². The second-order valence-corrected chi connectivity index (χ2v) is 12.7. The van der Waals surface area contributed by atoms with Gasteiger partial charge in [-0.15, -0.1) is 0 Å². The van der Waals surface area contributed by atoms with Crippen LogP contribution in [0.15, 0.2) is 188 Å². The lowest BCUT2D eigenvalue weighted by Gasteiger charge is -2.41. The van der Waals surface area contributed by atoms with Crippen LogP contribution in [-0.2, 0) is 5.41 Å². The third kappa shape index (κ3) is 5.08. The van der Waals surface area contributed by atoms with Crippen LogP contribution in [0.3, 0.4) is 0 Å². The van der Waals surface area contributed by atoms with Gasteiger partial charge in [0.25, 0.3) is 0 Å². The van der Waals surface area contributed by atoms with Gasteiger partial charge >= 0.3 is 0 Å². The summed E-state index contributed by atoms with van der Waals surface area (Å²) in [5, 5.41) is 0. The Morgan fingerprint density at radius 3 is 1.31 bits per heavy atom. The molecule has 51 heavy (non-hydrogen) atoms. The topological polar surface area (TPSA) is 55.7 Å². The van der Waals surface area contributed by atoms with Gasteiger partial charge in [-0.25, -0.2) is 15.0 Å². The molecule has 0 aliphatic heterocycles. The van der Waals surface area contributed by atoms with Crippen molar-refractivity contribution in [2.75, 3.05) is 0 Å². The Kier molecular flexibility index (Phi) is 7.48. The van der Waals surface area contributed by atoms with Crippen molar-refractivity contribution in [2.45, 2.75) is 5.41 Å². The first kappa shape index (κ1) is 30.3. The fourth-order valence-corrected chi connectivity index (χ4v) is 7.56. The van der Waals surface area contributed by atoms with Gasteiger partial charge in [-0.1, -0.05) is 182 Å². The SMILES string of the molecule is O=C1c2ccccc2C(c2ccccc2)(c2cccc(-c3ccccc3-c3nc(-c4ccccc4)nc(-c4ccccc4)n3)c2)c2ccccc21. The number of hydrogen-bond donors (Lipinski definition) is 0. The highest BCUT2D eigenvalue weighted by atomic mass is 16.1. The zero-order valence-corrected chi connectivity index (χ0v) is 27.6. The van der Waals surface area contributed by atoms with Gasteiger partial charge in [-0.2, -0.15) is 0 Å². The Hall–Kier alpha value is -6.78. The number of carbonyl (C=O) groups excluding carboxylic acids is 1. The lowest BCUT2D eigenvalue weighted by atomic mass is 9.59. The van der Waals surface area contributed by atoms with Gasteiger partial charge in [-0.05, 0) is 39.4 Å². The number of carbonyl (C=O) groups is 1. The number of rotatable bonds is 6. The van der Waals surface area contributed by atoms with Crippen LogP contribution in [0.1, 0.15) is 38.2 Å². The highest BCUT2D eigenvalue weighted by Crippen LogP contribution is 2.51. The summed E-state index contributed by atoms with van der Waals surface area (Å²) in [6.07, 6.45) is 0. The summed E-state index contributed by atoms with van der Waals surface area (Å²) in [7, 11) is 0. The molecule has 4 nitrogen and oxygen atoms in total. The number of ketones is 1. The first-order valence-corrected chi connectivity index (χ1v) is 17.1. The molecule has 1 aliphatic carbocycles. The van der Waals surface area contributed by atoms with E-state index in [9.17, 15) is 4.79 Å². The molecule has 0 radical (unpaired) electrons. The molecule has 1 aliphatic rings. The van der Waals surface area contributed by atoms with Crippen molar-refractivity contribution < 1.29 is 4.79 Å². The molecular weight excluding hydrogens is 623 g/mol. The Morgan fingerprint density at radius 2 is 0.745 bits per heavy atom. The quantitative estimate of drug-likeness (QED) is 0.179. The van der Waals surface area contributed by atoms with Crippen LogP contribution in [0.5, 0.6) is 0 Å². The minimum atomic E-state index is -0.735. The van der Waals surface area contributed by atoms with Crippen LogP contribution in [0.4, 0.5) is 0 Å². The summed E-state index contributed by atoms with van der Waals surface area (Å²) in [6, 6.07) is 63.7. The molecule has 8 aromatic rings. The average Bonchev–Trinajstić information content (AvgIpc) is 3.22. The lowest BCUT2D eigenvalue weighted by molar-refractivity contribution is 0.103. The fourth-order valence-electron chi connectivity index (χ4n) is 7.56. The Balaban J connectivity index is 1.28. The van der Waals surface area contributed by atoms with Gasteiger partial charge in [0.1, 0.15) is 0 Å². The molecule has 0 N–H and O–H groups in total. The smallest absolute Gasteiger partial charge is 0.193 e. The number of benzene rings is 7. The maximum atomic E-state index is 14.0. The van der Waals surface area contributed by atoms with E-state index in [0.29, 0.717) is 17.5 Å². The third-order valence-corrected chi connectivity index (χ3v) is 9.83. The average molecular weight is 654 g/mol. The molecule has 0 unspecified atom stereocenters. The van der Waals surface area contributed by atoms with Crippen LogP contribution >= 0.6 is 0 Å². The zero-order chi connectivity index (χ0) is 34.2. The molecular formula is C47H31N3O. The van der Waals surface area contributed by atoms with E-state index in [1.54, 1.807) is 0 Å². The van der Waals surface area contributed by atoms with Gasteiger partial charge in [0.15, 0.2) is 23.3 Å². The van der Waals surface area contributed by atoms with E-state index in [2.05, 4.69) is 78.9 Å². The summed E-state index contributed by atoms with van der Waals surface area (Å²) in [6.45, 7) is 0. The first-order valence-electron chi connectivity index (χ1n) is 17.1. The molecule has 0 amide bonds. The minimum Gasteiger partial charge on any atom is -0.289 e. The van der Waals surface area contributed by atoms with E-state index in [1.807, 2.05) is 109 Å². The van der Waals surface area contributed by atoms with E-state index in [4.69, 9.17) is 15.0 Å². The summed E-state index contributed by atoms with van der Waals surface area (Å²) >= 11 is 0. The predicted molar refractivity (Wildman–Crippen MR) is 203 cm³/mol. The number of fused-ring (bicyclic) bond motifs is 2. The van der Waals surface area contributed by atoms with Crippen molar-refractivity contribution in [3.05, 3.63) is 221 Å². The molecule has 0 spiro atoms. The Bertz CT molecular complexity index is 2440. The molecule has 240 valence electrons. The van der Waals surface area contributed by atoms with Crippen LogP contribution in [-0.4, -0.2) is 20.7 Å². The van der Waals surface area contributed by atoms with Gasteiger partial charge in [-0.3, -0.25) is 4.79 Å². The monoisotopic (exact) mass is 653 g/mol. The van der Waals surface area contributed by atoms with Gasteiger partial charge in [0.05, 0.1) is 5.41 Å². The maximum absolute atomic E-state index is 14.0. The van der Waals surface area contributed by atoms with Gasteiger partial charge < -0.3 is 0 Å². The standard InChI is InChI=1S/C47H31N3O/c51-43-39-27-12-14-29-41(39)47(35-22-8-3-9-23-35,42-30-15-13-28-40(42)43)36-24-16-21-34(31-36)37-25-10-11-26-38(37)46-49-44(32-17-4-1-5-18-32)48-45(50-46)33-19-6-2-7-20-33/h1-31H. The molecule has 0 fully saturated rings. The summed E-state index contributed by atoms with van der Waals surface area (Å²) in [5.41, 5.74) is 9.59. The van der Waals surface area contributed by atoms with E-state index in [1.165, 1.54) is 0 Å². The van der Waals surface area contributed by atoms with Crippen LogP contribution in [0.25, 0.3) is 45.3 Å². The van der Waals surface area contributed by atoms with Crippen molar-refractivity contribution in [1.29, 1.82) is 0 Å². The van der Waals surface area contributed by atoms with Crippen molar-refractivity contribution in [1.82, 2.24) is 15.0 Å². The molecule has 7 aromatic carbocycles.